The van der Waals surface area contributed by atoms with E-state index in [-0.39, 0.29) is 0 Å². The van der Waals surface area contributed by atoms with Crippen molar-refractivity contribution >= 4 is 22.9 Å². The van der Waals surface area contributed by atoms with Crippen LogP contribution >= 0.6 is 22.9 Å². The molecule has 0 bridgehead atoms. The third-order valence-corrected chi connectivity index (χ3v) is 4.52. The molecule has 1 N–H and O–H groups in total. The van der Waals surface area contributed by atoms with Gasteiger partial charge in [0.2, 0.25) is 0 Å². The van der Waals surface area contributed by atoms with Gasteiger partial charge in [-0.2, -0.15) is 0 Å². The Morgan fingerprint density at radius 1 is 1.50 bits per heavy atom. The molecular formula is C11H16ClNS. The fourth-order valence-corrected chi connectivity index (χ4v) is 2.95. The van der Waals surface area contributed by atoms with Gasteiger partial charge in [-0.05, 0) is 37.8 Å². The Kier molecular flexibility index (Phi) is 3.15. The van der Waals surface area contributed by atoms with E-state index in [0.717, 1.165) is 10.3 Å². The van der Waals surface area contributed by atoms with Crippen LogP contribution in [-0.4, -0.2) is 6.04 Å². The normalized spacial score (nSPS) is 28.5. The van der Waals surface area contributed by atoms with E-state index < -0.39 is 0 Å². The van der Waals surface area contributed by atoms with E-state index in [2.05, 4.69) is 25.2 Å². The van der Waals surface area contributed by atoms with Crippen molar-refractivity contribution in [1.29, 1.82) is 0 Å². The molecule has 0 amide bonds. The summed E-state index contributed by atoms with van der Waals surface area (Å²) >= 11 is 7.58. The molecule has 0 aromatic carbocycles. The summed E-state index contributed by atoms with van der Waals surface area (Å²) in [7, 11) is 0. The van der Waals surface area contributed by atoms with E-state index in [1.54, 1.807) is 11.3 Å². The number of halogens is 1. The van der Waals surface area contributed by atoms with Crippen LogP contribution in [0.5, 0.6) is 0 Å². The van der Waals surface area contributed by atoms with Crippen LogP contribution in [0.2, 0.25) is 4.34 Å². The quantitative estimate of drug-likeness (QED) is 0.830. The summed E-state index contributed by atoms with van der Waals surface area (Å²) in [6, 6.07) is 5.25. The monoisotopic (exact) mass is 229 g/mol. The Morgan fingerprint density at radius 2 is 2.29 bits per heavy atom. The van der Waals surface area contributed by atoms with Gasteiger partial charge >= 0.3 is 0 Å². The molecule has 0 aliphatic heterocycles. The summed E-state index contributed by atoms with van der Waals surface area (Å²) in [5, 5.41) is 3.65. The summed E-state index contributed by atoms with van der Waals surface area (Å²) in [5.41, 5.74) is 0. The molecule has 0 saturated heterocycles. The molecule has 0 radical (unpaired) electrons. The van der Waals surface area contributed by atoms with Gasteiger partial charge in [0, 0.05) is 17.0 Å². The molecule has 1 aliphatic rings. The average Bonchev–Trinajstić information content (AvgIpc) is 2.58. The average molecular weight is 230 g/mol. The third-order valence-electron chi connectivity index (χ3n) is 3.10. The minimum absolute atomic E-state index is 0.445. The largest absolute Gasteiger partial charge is 0.306 e. The van der Waals surface area contributed by atoms with Crippen molar-refractivity contribution in [3.8, 4) is 0 Å². The first-order chi connectivity index (χ1) is 6.66. The van der Waals surface area contributed by atoms with Crippen LogP contribution < -0.4 is 5.32 Å². The van der Waals surface area contributed by atoms with E-state index in [1.807, 2.05) is 6.07 Å². The summed E-state index contributed by atoms with van der Waals surface area (Å²) in [6.07, 6.45) is 2.69. The molecule has 1 saturated carbocycles. The van der Waals surface area contributed by atoms with E-state index in [0.29, 0.717) is 12.1 Å². The van der Waals surface area contributed by atoms with Crippen molar-refractivity contribution in [1.82, 2.24) is 5.32 Å². The van der Waals surface area contributed by atoms with Crippen LogP contribution in [0.4, 0.5) is 0 Å². The predicted molar refractivity (Wildman–Crippen MR) is 63.1 cm³/mol. The summed E-state index contributed by atoms with van der Waals surface area (Å²) < 4.78 is 0.885. The molecule has 1 aliphatic carbocycles. The molecule has 3 heteroatoms. The molecule has 78 valence electrons. The van der Waals surface area contributed by atoms with E-state index >= 15 is 0 Å². The Morgan fingerprint density at radius 3 is 2.71 bits per heavy atom. The molecule has 1 nitrogen and oxygen atoms in total. The predicted octanol–water partition coefficient (Wildman–Crippen LogP) is 3.85. The van der Waals surface area contributed by atoms with Crippen molar-refractivity contribution in [3.63, 3.8) is 0 Å². The Balaban J connectivity index is 1.92. The van der Waals surface area contributed by atoms with Crippen LogP contribution in [0.25, 0.3) is 0 Å². The zero-order chi connectivity index (χ0) is 10.1. The minimum Gasteiger partial charge on any atom is -0.306 e. The lowest BCUT2D eigenvalue weighted by Gasteiger charge is -2.36. The maximum atomic E-state index is 5.91. The summed E-state index contributed by atoms with van der Waals surface area (Å²) in [5.74, 6) is 0.841. The van der Waals surface area contributed by atoms with Gasteiger partial charge in [0.15, 0.2) is 0 Å². The SMILES string of the molecule is CC1CCC1N[C@H](C)c1ccc(Cl)s1. The molecule has 1 aromatic rings. The highest BCUT2D eigenvalue weighted by Crippen LogP contribution is 2.31. The molecule has 2 rings (SSSR count). The highest BCUT2D eigenvalue weighted by atomic mass is 35.5. The molecular weight excluding hydrogens is 214 g/mol. The summed E-state index contributed by atoms with van der Waals surface area (Å²) in [6.45, 7) is 4.53. The van der Waals surface area contributed by atoms with Crippen molar-refractivity contribution in [2.24, 2.45) is 5.92 Å². The van der Waals surface area contributed by atoms with Gasteiger partial charge in [0.1, 0.15) is 0 Å². The second kappa shape index (κ2) is 4.21. The van der Waals surface area contributed by atoms with E-state index in [9.17, 15) is 0 Å². The van der Waals surface area contributed by atoms with Crippen LogP contribution in [0.1, 0.15) is 37.6 Å². The van der Waals surface area contributed by atoms with Crippen molar-refractivity contribution in [2.45, 2.75) is 38.8 Å². The molecule has 2 unspecified atom stereocenters. The smallest absolute Gasteiger partial charge is 0.0931 e. The Labute approximate surface area is 94.5 Å². The number of hydrogen-bond acceptors (Lipinski definition) is 2. The molecule has 1 aromatic heterocycles. The lowest BCUT2D eigenvalue weighted by Crippen LogP contribution is -2.43. The van der Waals surface area contributed by atoms with Crippen LogP contribution in [-0.2, 0) is 0 Å². The fourth-order valence-electron chi connectivity index (χ4n) is 1.88. The number of hydrogen-bond donors (Lipinski definition) is 1. The highest BCUT2D eigenvalue weighted by Gasteiger charge is 2.27. The summed E-state index contributed by atoms with van der Waals surface area (Å²) in [4.78, 5) is 1.34. The van der Waals surface area contributed by atoms with E-state index in [4.69, 9.17) is 11.6 Å². The van der Waals surface area contributed by atoms with Gasteiger partial charge in [-0.3, -0.25) is 0 Å². The lowest BCUT2D eigenvalue weighted by molar-refractivity contribution is 0.214. The molecule has 1 heterocycles. The minimum atomic E-state index is 0.445. The first-order valence-electron chi connectivity index (χ1n) is 5.18. The molecule has 14 heavy (non-hydrogen) atoms. The van der Waals surface area contributed by atoms with Gasteiger partial charge in [0.05, 0.1) is 4.34 Å². The van der Waals surface area contributed by atoms with Crippen LogP contribution in [0.3, 0.4) is 0 Å². The van der Waals surface area contributed by atoms with Crippen molar-refractivity contribution < 1.29 is 0 Å². The van der Waals surface area contributed by atoms with Gasteiger partial charge in [-0.25, -0.2) is 0 Å². The second-order valence-corrected chi connectivity index (χ2v) is 5.94. The Hall–Kier alpha value is -0.0500. The molecule has 3 atom stereocenters. The Bertz CT molecular complexity index is 310. The maximum Gasteiger partial charge on any atom is 0.0931 e. The topological polar surface area (TPSA) is 12.0 Å². The lowest BCUT2D eigenvalue weighted by atomic mass is 9.81. The van der Waals surface area contributed by atoms with Crippen molar-refractivity contribution in [3.05, 3.63) is 21.3 Å². The highest BCUT2D eigenvalue weighted by molar-refractivity contribution is 7.16. The number of nitrogens with one attached hydrogen (secondary N) is 1. The zero-order valence-electron chi connectivity index (χ0n) is 8.59. The first kappa shape index (κ1) is 10.5. The van der Waals surface area contributed by atoms with Crippen LogP contribution in [0.15, 0.2) is 12.1 Å². The number of thiophene rings is 1. The van der Waals surface area contributed by atoms with Gasteiger partial charge < -0.3 is 5.32 Å². The molecule has 0 spiro atoms. The fraction of sp³-hybridized carbons (Fsp3) is 0.636. The van der Waals surface area contributed by atoms with Crippen molar-refractivity contribution in [2.75, 3.05) is 0 Å². The standard InChI is InChI=1S/C11H16ClNS/c1-7-3-4-9(7)13-8(2)10-5-6-11(12)14-10/h5-9,13H,3-4H2,1-2H3/t7?,8-,9?/m1/s1. The number of rotatable bonds is 3. The first-order valence-corrected chi connectivity index (χ1v) is 6.37. The van der Waals surface area contributed by atoms with Gasteiger partial charge in [-0.1, -0.05) is 18.5 Å². The van der Waals surface area contributed by atoms with Gasteiger partial charge in [0.25, 0.3) is 0 Å². The maximum absolute atomic E-state index is 5.91. The van der Waals surface area contributed by atoms with E-state index in [1.165, 1.54) is 17.7 Å². The van der Waals surface area contributed by atoms with Crippen LogP contribution in [0, 0.1) is 5.92 Å². The van der Waals surface area contributed by atoms with Gasteiger partial charge in [-0.15, -0.1) is 11.3 Å². The third kappa shape index (κ3) is 2.13. The zero-order valence-corrected chi connectivity index (χ0v) is 10.2. The second-order valence-electron chi connectivity index (χ2n) is 4.19. The molecule has 1 fully saturated rings.